The number of rotatable bonds is 8. The zero-order valence-electron chi connectivity index (χ0n) is 17.2. The molecule has 7 heteroatoms. The van der Waals surface area contributed by atoms with E-state index in [-0.39, 0.29) is 11.7 Å². The van der Waals surface area contributed by atoms with E-state index in [1.165, 1.54) is 22.9 Å². The first-order valence-corrected chi connectivity index (χ1v) is 10.6. The van der Waals surface area contributed by atoms with E-state index in [1.54, 1.807) is 0 Å². The number of ether oxygens (including phenoxy) is 1. The summed E-state index contributed by atoms with van der Waals surface area (Å²) in [5, 5.41) is 12.2. The summed E-state index contributed by atoms with van der Waals surface area (Å²) in [6.07, 6.45) is 0. The Hall–Kier alpha value is -2.80. The molecule has 0 saturated heterocycles. The van der Waals surface area contributed by atoms with Gasteiger partial charge in [-0.2, -0.15) is 0 Å². The normalized spacial score (nSPS) is 10.8. The molecule has 0 radical (unpaired) electrons. The lowest BCUT2D eigenvalue weighted by molar-refractivity contribution is -0.113. The molecule has 3 aromatic rings. The van der Waals surface area contributed by atoms with Crippen LogP contribution >= 0.6 is 11.8 Å². The van der Waals surface area contributed by atoms with Gasteiger partial charge in [-0.1, -0.05) is 36.0 Å². The fourth-order valence-corrected chi connectivity index (χ4v) is 3.65. The average molecular weight is 411 g/mol. The first-order chi connectivity index (χ1) is 14.0. The lowest BCUT2D eigenvalue weighted by Gasteiger charge is -2.10. The minimum Gasteiger partial charge on any atom is -0.486 e. The van der Waals surface area contributed by atoms with Crippen molar-refractivity contribution in [2.24, 2.45) is 0 Å². The molecule has 0 atom stereocenters. The van der Waals surface area contributed by atoms with Crippen LogP contribution in [0.15, 0.2) is 47.6 Å². The Balaban J connectivity index is 1.59. The fraction of sp³-hybridized carbons (Fsp3) is 0.318. The van der Waals surface area contributed by atoms with Crippen LogP contribution in [0.25, 0.3) is 0 Å². The Morgan fingerprint density at radius 3 is 2.59 bits per heavy atom. The van der Waals surface area contributed by atoms with Gasteiger partial charge in [0.25, 0.3) is 0 Å². The molecule has 29 heavy (non-hydrogen) atoms. The molecule has 152 valence electrons. The topological polar surface area (TPSA) is 69.0 Å². The highest BCUT2D eigenvalue weighted by Gasteiger charge is 2.14. The standard InChI is InChI=1S/C22H26N4O2S/c1-5-26-20(13-28-18-11-10-15(2)17(4)12-18)24-25-22(26)29-14-21(27)23-19-9-7-6-8-16(19)3/h6-12H,5,13-14H2,1-4H3,(H,23,27). The number of hydrogen-bond acceptors (Lipinski definition) is 5. The SMILES string of the molecule is CCn1c(COc2ccc(C)c(C)c2)nnc1SCC(=O)Nc1ccccc1C. The van der Waals surface area contributed by atoms with Gasteiger partial charge in [-0.25, -0.2) is 0 Å². The number of benzene rings is 2. The molecule has 6 nitrogen and oxygen atoms in total. The van der Waals surface area contributed by atoms with E-state index in [0.717, 1.165) is 22.8 Å². The van der Waals surface area contributed by atoms with Crippen LogP contribution in [0.1, 0.15) is 29.4 Å². The second-order valence-corrected chi connectivity index (χ2v) is 7.77. The monoisotopic (exact) mass is 410 g/mol. The maximum Gasteiger partial charge on any atom is 0.234 e. The van der Waals surface area contributed by atoms with E-state index >= 15 is 0 Å². The average Bonchev–Trinajstić information content (AvgIpc) is 3.11. The van der Waals surface area contributed by atoms with Gasteiger partial charge in [0.2, 0.25) is 5.91 Å². The molecule has 0 saturated carbocycles. The Labute approximate surface area is 175 Å². The van der Waals surface area contributed by atoms with Crippen molar-refractivity contribution in [3.8, 4) is 5.75 Å². The Bertz CT molecular complexity index is 1000. The van der Waals surface area contributed by atoms with Crippen molar-refractivity contribution in [1.82, 2.24) is 14.8 Å². The number of thioether (sulfide) groups is 1. The molecule has 0 aliphatic carbocycles. The van der Waals surface area contributed by atoms with Gasteiger partial charge in [-0.3, -0.25) is 4.79 Å². The number of anilines is 1. The molecule has 0 aliphatic heterocycles. The van der Waals surface area contributed by atoms with Crippen LogP contribution in [0.4, 0.5) is 5.69 Å². The number of hydrogen-bond donors (Lipinski definition) is 1. The number of nitrogens with one attached hydrogen (secondary N) is 1. The molecule has 3 rings (SSSR count). The minimum atomic E-state index is -0.0668. The number of para-hydroxylation sites is 1. The number of carbonyl (C=O) groups is 1. The summed E-state index contributed by atoms with van der Waals surface area (Å²) in [5.74, 6) is 1.76. The number of aryl methyl sites for hydroxylation is 3. The lowest BCUT2D eigenvalue weighted by atomic mass is 10.1. The largest absolute Gasteiger partial charge is 0.486 e. The molecule has 0 fully saturated rings. The van der Waals surface area contributed by atoms with E-state index in [1.807, 2.05) is 60.9 Å². The highest BCUT2D eigenvalue weighted by Crippen LogP contribution is 2.21. The molecule has 1 N–H and O–H groups in total. The molecule has 0 aliphatic rings. The van der Waals surface area contributed by atoms with Crippen molar-refractivity contribution >= 4 is 23.4 Å². The molecule has 1 heterocycles. The second-order valence-electron chi connectivity index (χ2n) is 6.83. The van der Waals surface area contributed by atoms with Crippen molar-refractivity contribution in [3.63, 3.8) is 0 Å². The summed E-state index contributed by atoms with van der Waals surface area (Å²) in [6.45, 7) is 9.18. The van der Waals surface area contributed by atoms with Crippen LogP contribution in [-0.4, -0.2) is 26.4 Å². The summed E-state index contributed by atoms with van der Waals surface area (Å²) in [6, 6.07) is 13.8. The summed E-state index contributed by atoms with van der Waals surface area (Å²) in [5.41, 5.74) is 4.29. The van der Waals surface area contributed by atoms with Crippen molar-refractivity contribution in [2.75, 3.05) is 11.1 Å². The summed E-state index contributed by atoms with van der Waals surface area (Å²) < 4.78 is 7.87. The molecule has 2 aromatic carbocycles. The van der Waals surface area contributed by atoms with Crippen molar-refractivity contribution in [1.29, 1.82) is 0 Å². The predicted octanol–water partition coefficient (Wildman–Crippen LogP) is 4.53. The second kappa shape index (κ2) is 9.60. The van der Waals surface area contributed by atoms with Crippen LogP contribution in [0.2, 0.25) is 0 Å². The highest BCUT2D eigenvalue weighted by atomic mass is 32.2. The Kier molecular flexibility index (Phi) is 6.93. The van der Waals surface area contributed by atoms with Gasteiger partial charge in [-0.15, -0.1) is 10.2 Å². The van der Waals surface area contributed by atoms with Gasteiger partial charge in [0.1, 0.15) is 12.4 Å². The summed E-state index contributed by atoms with van der Waals surface area (Å²) in [4.78, 5) is 12.3. The molecular formula is C22H26N4O2S. The van der Waals surface area contributed by atoms with Crippen LogP contribution in [0.3, 0.4) is 0 Å². The van der Waals surface area contributed by atoms with Crippen LogP contribution < -0.4 is 10.1 Å². The smallest absolute Gasteiger partial charge is 0.234 e. The van der Waals surface area contributed by atoms with Crippen LogP contribution in [-0.2, 0) is 17.9 Å². The number of aromatic nitrogens is 3. The Morgan fingerprint density at radius 2 is 1.86 bits per heavy atom. The lowest BCUT2D eigenvalue weighted by Crippen LogP contribution is -2.15. The van der Waals surface area contributed by atoms with Gasteiger partial charge in [0, 0.05) is 12.2 Å². The number of carbonyl (C=O) groups excluding carboxylic acids is 1. The minimum absolute atomic E-state index is 0.0668. The number of nitrogens with zero attached hydrogens (tertiary/aromatic N) is 3. The maximum atomic E-state index is 12.3. The molecule has 1 amide bonds. The van der Waals surface area contributed by atoms with E-state index in [2.05, 4.69) is 29.4 Å². The first kappa shape index (κ1) is 20.9. The zero-order valence-corrected chi connectivity index (χ0v) is 18.0. The van der Waals surface area contributed by atoms with Crippen molar-refractivity contribution in [2.45, 2.75) is 46.0 Å². The van der Waals surface area contributed by atoms with E-state index < -0.39 is 0 Å². The molecule has 0 spiro atoms. The highest BCUT2D eigenvalue weighted by molar-refractivity contribution is 7.99. The summed E-state index contributed by atoms with van der Waals surface area (Å²) >= 11 is 1.37. The third kappa shape index (κ3) is 5.38. The van der Waals surface area contributed by atoms with Crippen LogP contribution in [0.5, 0.6) is 5.75 Å². The van der Waals surface area contributed by atoms with Crippen molar-refractivity contribution < 1.29 is 9.53 Å². The molecular weight excluding hydrogens is 384 g/mol. The molecule has 0 unspecified atom stereocenters. The summed E-state index contributed by atoms with van der Waals surface area (Å²) in [7, 11) is 0. The van der Waals surface area contributed by atoms with Gasteiger partial charge < -0.3 is 14.6 Å². The Morgan fingerprint density at radius 1 is 1.07 bits per heavy atom. The van der Waals surface area contributed by atoms with E-state index in [9.17, 15) is 4.79 Å². The van der Waals surface area contributed by atoms with Gasteiger partial charge in [-0.05, 0) is 62.6 Å². The molecule has 1 aromatic heterocycles. The van der Waals surface area contributed by atoms with E-state index in [4.69, 9.17) is 4.74 Å². The quantitative estimate of drug-likeness (QED) is 0.553. The van der Waals surface area contributed by atoms with E-state index in [0.29, 0.717) is 18.3 Å². The maximum absolute atomic E-state index is 12.3. The third-order valence-electron chi connectivity index (χ3n) is 4.71. The molecule has 0 bridgehead atoms. The third-order valence-corrected chi connectivity index (χ3v) is 5.67. The predicted molar refractivity (Wildman–Crippen MR) is 116 cm³/mol. The van der Waals surface area contributed by atoms with Crippen LogP contribution in [0, 0.1) is 20.8 Å². The first-order valence-electron chi connectivity index (χ1n) is 9.58. The zero-order chi connectivity index (χ0) is 20.8. The van der Waals surface area contributed by atoms with Crippen molar-refractivity contribution in [3.05, 3.63) is 65.0 Å². The van der Waals surface area contributed by atoms with Gasteiger partial charge >= 0.3 is 0 Å². The van der Waals surface area contributed by atoms with Gasteiger partial charge in [0.15, 0.2) is 11.0 Å². The number of amides is 1. The fourth-order valence-electron chi connectivity index (χ4n) is 2.83. The van der Waals surface area contributed by atoms with Gasteiger partial charge in [0.05, 0.1) is 5.75 Å².